The van der Waals surface area contributed by atoms with Crippen molar-refractivity contribution in [2.75, 3.05) is 6.61 Å². The van der Waals surface area contributed by atoms with Crippen LogP contribution in [0.1, 0.15) is 5.01 Å². The Balaban J connectivity index is 2.45. The molecule has 0 atom stereocenters. The molecule has 0 saturated heterocycles. The summed E-state index contributed by atoms with van der Waals surface area (Å²) in [5.74, 6) is -1.96. The SMILES string of the molecule is O=C(O)CON=Nc1csc(CC(=O)O)n1. The van der Waals surface area contributed by atoms with Gasteiger partial charge in [-0.15, -0.1) is 11.3 Å². The summed E-state index contributed by atoms with van der Waals surface area (Å²) in [6, 6.07) is 0. The van der Waals surface area contributed by atoms with Gasteiger partial charge < -0.3 is 15.1 Å². The molecule has 0 fully saturated rings. The number of thiazole rings is 1. The molecule has 1 aromatic rings. The average molecular weight is 245 g/mol. The largest absolute Gasteiger partial charge is 0.481 e. The van der Waals surface area contributed by atoms with Crippen molar-refractivity contribution in [3.63, 3.8) is 0 Å². The zero-order chi connectivity index (χ0) is 12.0. The Bertz CT molecular complexity index is 416. The molecule has 8 nitrogen and oxygen atoms in total. The molecule has 0 spiro atoms. The molecule has 9 heteroatoms. The van der Waals surface area contributed by atoms with Gasteiger partial charge in [-0.2, -0.15) is 0 Å². The molecule has 0 radical (unpaired) electrons. The van der Waals surface area contributed by atoms with E-state index in [4.69, 9.17) is 10.2 Å². The zero-order valence-corrected chi connectivity index (χ0v) is 8.68. The fourth-order valence-electron chi connectivity index (χ4n) is 0.712. The average Bonchev–Trinajstić information content (AvgIpc) is 2.59. The van der Waals surface area contributed by atoms with Gasteiger partial charge in [0, 0.05) is 10.7 Å². The van der Waals surface area contributed by atoms with Crippen LogP contribution in [-0.4, -0.2) is 33.7 Å². The van der Waals surface area contributed by atoms with E-state index in [0.717, 1.165) is 11.3 Å². The molecule has 1 rings (SSSR count). The second kappa shape index (κ2) is 5.75. The fraction of sp³-hybridized carbons (Fsp3) is 0.286. The minimum absolute atomic E-state index is 0.184. The Morgan fingerprint density at radius 3 is 2.81 bits per heavy atom. The molecular formula is C7H7N3O5S. The van der Waals surface area contributed by atoms with E-state index in [1.54, 1.807) is 0 Å². The maximum atomic E-state index is 10.3. The van der Waals surface area contributed by atoms with E-state index in [1.165, 1.54) is 5.38 Å². The molecule has 0 aliphatic heterocycles. The molecule has 2 N–H and O–H groups in total. The van der Waals surface area contributed by atoms with E-state index >= 15 is 0 Å². The van der Waals surface area contributed by atoms with Crippen LogP contribution in [0.4, 0.5) is 5.82 Å². The van der Waals surface area contributed by atoms with Crippen LogP contribution in [0.15, 0.2) is 15.8 Å². The van der Waals surface area contributed by atoms with Gasteiger partial charge in [0.2, 0.25) is 6.61 Å². The number of carboxylic acid groups (broad SMARTS) is 2. The van der Waals surface area contributed by atoms with Crippen LogP contribution in [0.25, 0.3) is 0 Å². The van der Waals surface area contributed by atoms with Crippen molar-refractivity contribution in [1.29, 1.82) is 0 Å². The summed E-state index contributed by atoms with van der Waals surface area (Å²) in [5.41, 5.74) is 0. The van der Waals surface area contributed by atoms with Crippen LogP contribution in [0.3, 0.4) is 0 Å². The quantitative estimate of drug-likeness (QED) is 0.566. The summed E-state index contributed by atoms with van der Waals surface area (Å²) in [6.07, 6.45) is -0.184. The number of carboxylic acids is 2. The van der Waals surface area contributed by atoms with Gasteiger partial charge in [-0.3, -0.25) is 4.79 Å². The number of aliphatic carboxylic acids is 2. The first-order valence-electron chi connectivity index (χ1n) is 3.99. The fourth-order valence-corrected chi connectivity index (χ4v) is 1.41. The minimum Gasteiger partial charge on any atom is -0.481 e. The first-order valence-corrected chi connectivity index (χ1v) is 4.87. The summed E-state index contributed by atoms with van der Waals surface area (Å²) in [4.78, 5) is 28.5. The highest BCUT2D eigenvalue weighted by Gasteiger charge is 2.05. The molecule has 0 bridgehead atoms. The number of carbonyl (C=O) groups is 2. The summed E-state index contributed by atoms with van der Waals surface area (Å²) in [5, 5.41) is 25.1. The molecule has 86 valence electrons. The predicted octanol–water partition coefficient (Wildman–Crippen LogP) is 0.870. The highest BCUT2D eigenvalue weighted by Crippen LogP contribution is 2.17. The van der Waals surface area contributed by atoms with Crippen molar-refractivity contribution >= 4 is 29.1 Å². The zero-order valence-electron chi connectivity index (χ0n) is 7.86. The van der Waals surface area contributed by atoms with Crippen molar-refractivity contribution in [3.8, 4) is 0 Å². The highest BCUT2D eigenvalue weighted by atomic mass is 32.1. The number of nitrogens with zero attached hydrogens (tertiary/aromatic N) is 3. The molecular weight excluding hydrogens is 238 g/mol. The second-order valence-corrected chi connectivity index (χ2v) is 3.46. The van der Waals surface area contributed by atoms with Crippen molar-refractivity contribution in [3.05, 3.63) is 10.4 Å². The van der Waals surface area contributed by atoms with E-state index < -0.39 is 18.5 Å². The van der Waals surface area contributed by atoms with Crippen LogP contribution in [0.5, 0.6) is 0 Å². The maximum absolute atomic E-state index is 10.3. The topological polar surface area (TPSA) is 121 Å². The molecule has 0 aromatic carbocycles. The highest BCUT2D eigenvalue weighted by molar-refractivity contribution is 7.10. The van der Waals surface area contributed by atoms with Gasteiger partial charge in [0.05, 0.1) is 6.42 Å². The predicted molar refractivity (Wildman–Crippen MR) is 51.6 cm³/mol. The van der Waals surface area contributed by atoms with E-state index in [2.05, 4.69) is 20.2 Å². The summed E-state index contributed by atoms with van der Waals surface area (Å²) in [6.45, 7) is -0.588. The first kappa shape index (κ1) is 12.0. The number of hydrogen-bond acceptors (Lipinski definition) is 7. The van der Waals surface area contributed by atoms with Crippen LogP contribution in [0.2, 0.25) is 0 Å². The monoisotopic (exact) mass is 245 g/mol. The van der Waals surface area contributed by atoms with Crippen molar-refractivity contribution in [2.24, 2.45) is 10.4 Å². The van der Waals surface area contributed by atoms with Crippen molar-refractivity contribution in [2.45, 2.75) is 6.42 Å². The lowest BCUT2D eigenvalue weighted by molar-refractivity contribution is -0.142. The van der Waals surface area contributed by atoms with Crippen molar-refractivity contribution in [1.82, 2.24) is 4.98 Å². The minimum atomic E-state index is -1.16. The Morgan fingerprint density at radius 2 is 2.19 bits per heavy atom. The van der Waals surface area contributed by atoms with E-state index in [-0.39, 0.29) is 12.2 Å². The van der Waals surface area contributed by atoms with Gasteiger partial charge in [0.15, 0.2) is 5.82 Å². The summed E-state index contributed by atoms with van der Waals surface area (Å²) < 4.78 is 0. The van der Waals surface area contributed by atoms with Gasteiger partial charge >= 0.3 is 11.9 Å². The van der Waals surface area contributed by atoms with Crippen LogP contribution in [-0.2, 0) is 20.8 Å². The molecule has 0 aliphatic carbocycles. The smallest absolute Gasteiger partial charge is 0.344 e. The first-order chi connectivity index (χ1) is 7.58. The van der Waals surface area contributed by atoms with Crippen LogP contribution < -0.4 is 0 Å². The summed E-state index contributed by atoms with van der Waals surface area (Å²) >= 11 is 1.12. The molecule has 1 heterocycles. The standard InChI is InChI=1S/C7H7N3O5S/c11-6(12)1-5-8-4(3-16-5)9-10-15-2-7(13)14/h3H,1-2H2,(H,11,12)(H,13,14). The Morgan fingerprint density at radius 1 is 1.44 bits per heavy atom. The van der Waals surface area contributed by atoms with Gasteiger partial charge in [-0.25, -0.2) is 9.78 Å². The molecule has 0 unspecified atom stereocenters. The van der Waals surface area contributed by atoms with Crippen LogP contribution in [0, 0.1) is 0 Å². The third-order valence-electron chi connectivity index (χ3n) is 1.23. The normalized spacial score (nSPS) is 10.5. The van der Waals surface area contributed by atoms with E-state index in [9.17, 15) is 9.59 Å². The lowest BCUT2D eigenvalue weighted by atomic mass is 10.5. The Hall–Kier alpha value is -2.03. The van der Waals surface area contributed by atoms with Gasteiger partial charge in [0.1, 0.15) is 5.01 Å². The van der Waals surface area contributed by atoms with Crippen molar-refractivity contribution < 1.29 is 24.6 Å². The molecule has 1 aromatic heterocycles. The molecule has 0 amide bonds. The molecule has 0 saturated carbocycles. The van der Waals surface area contributed by atoms with Crippen LogP contribution >= 0.6 is 11.3 Å². The van der Waals surface area contributed by atoms with Gasteiger partial charge in [0.25, 0.3) is 0 Å². The molecule has 0 aliphatic rings. The Kier molecular flexibility index (Phi) is 4.33. The summed E-state index contributed by atoms with van der Waals surface area (Å²) in [7, 11) is 0. The molecule has 16 heavy (non-hydrogen) atoms. The van der Waals surface area contributed by atoms with E-state index in [1.807, 2.05) is 0 Å². The Labute approximate surface area is 93.2 Å². The lowest BCUT2D eigenvalue weighted by Crippen LogP contribution is -2.02. The second-order valence-electron chi connectivity index (χ2n) is 2.52. The number of hydrogen-bond donors (Lipinski definition) is 2. The van der Waals surface area contributed by atoms with Gasteiger partial charge in [-0.1, -0.05) is 5.11 Å². The third kappa shape index (κ3) is 4.46. The lowest BCUT2D eigenvalue weighted by Gasteiger charge is -1.89. The number of aromatic nitrogens is 1. The van der Waals surface area contributed by atoms with E-state index in [0.29, 0.717) is 5.01 Å². The maximum Gasteiger partial charge on any atom is 0.344 e. The van der Waals surface area contributed by atoms with Gasteiger partial charge in [-0.05, 0) is 0 Å². The number of rotatable bonds is 6. The third-order valence-corrected chi connectivity index (χ3v) is 2.07.